The number of rotatable bonds is 7. The zero-order valence-corrected chi connectivity index (χ0v) is 19.6. The maximum Gasteiger partial charge on any atom is 0.239 e. The molecule has 1 saturated heterocycles. The van der Waals surface area contributed by atoms with Gasteiger partial charge in [-0.1, -0.05) is 44.2 Å². The highest BCUT2D eigenvalue weighted by Crippen LogP contribution is 2.31. The van der Waals surface area contributed by atoms with Crippen molar-refractivity contribution >= 4 is 16.8 Å². The van der Waals surface area contributed by atoms with Crippen LogP contribution in [0.25, 0.3) is 10.9 Å². The Bertz CT molecular complexity index is 1030. The lowest BCUT2D eigenvalue weighted by atomic mass is 9.90. The van der Waals surface area contributed by atoms with Crippen LogP contribution in [0.5, 0.6) is 5.75 Å². The molecule has 32 heavy (non-hydrogen) atoms. The summed E-state index contributed by atoms with van der Waals surface area (Å²) in [5.74, 6) is 2.29. The van der Waals surface area contributed by atoms with Crippen LogP contribution in [0.2, 0.25) is 0 Å². The van der Waals surface area contributed by atoms with Crippen molar-refractivity contribution in [2.45, 2.75) is 39.2 Å². The minimum Gasteiger partial charge on any atom is -0.497 e. The number of para-hydroxylation sites is 1. The lowest BCUT2D eigenvalue weighted by Crippen LogP contribution is -2.50. The van der Waals surface area contributed by atoms with Crippen LogP contribution in [0.15, 0.2) is 54.7 Å². The molecule has 3 aromatic rings. The Morgan fingerprint density at radius 1 is 1.12 bits per heavy atom. The normalized spacial score (nSPS) is 20.8. The molecule has 4 rings (SSSR count). The molecule has 0 unspecified atom stereocenters. The van der Waals surface area contributed by atoms with E-state index >= 15 is 0 Å². The molecule has 2 heterocycles. The summed E-state index contributed by atoms with van der Waals surface area (Å²) in [6.45, 7) is 8.88. The molecule has 0 radical (unpaired) electrons. The van der Waals surface area contributed by atoms with E-state index in [1.54, 1.807) is 7.11 Å². The number of piperidine rings is 1. The van der Waals surface area contributed by atoms with Gasteiger partial charge in [-0.2, -0.15) is 0 Å². The van der Waals surface area contributed by atoms with Crippen molar-refractivity contribution < 1.29 is 9.53 Å². The maximum atomic E-state index is 13.2. The quantitative estimate of drug-likeness (QED) is 0.563. The van der Waals surface area contributed by atoms with Crippen molar-refractivity contribution in [3.8, 4) is 5.75 Å². The molecule has 0 aliphatic carbocycles. The first-order chi connectivity index (χ1) is 15.5. The maximum absolute atomic E-state index is 13.2. The molecular weight excluding hydrogens is 398 g/mol. The summed E-state index contributed by atoms with van der Waals surface area (Å²) in [5, 5.41) is 4.77. The van der Waals surface area contributed by atoms with Crippen LogP contribution in [0.1, 0.15) is 44.2 Å². The number of hydrogen-bond donors (Lipinski definition) is 2. The number of nitrogens with one attached hydrogen (secondary N) is 2. The number of aromatic amines is 1. The Morgan fingerprint density at radius 2 is 1.81 bits per heavy atom. The second-order valence-corrected chi connectivity index (χ2v) is 9.43. The molecule has 1 fully saturated rings. The van der Waals surface area contributed by atoms with Gasteiger partial charge < -0.3 is 19.9 Å². The summed E-state index contributed by atoms with van der Waals surface area (Å²) >= 11 is 0. The molecule has 1 aliphatic rings. The van der Waals surface area contributed by atoms with Gasteiger partial charge in [0, 0.05) is 42.7 Å². The minimum absolute atomic E-state index is 0.117. The van der Waals surface area contributed by atoms with E-state index in [0.717, 1.165) is 24.4 Å². The van der Waals surface area contributed by atoms with Gasteiger partial charge in [0.1, 0.15) is 5.75 Å². The van der Waals surface area contributed by atoms with E-state index in [1.165, 1.54) is 22.9 Å². The van der Waals surface area contributed by atoms with Crippen molar-refractivity contribution in [3.05, 3.63) is 65.9 Å². The van der Waals surface area contributed by atoms with Crippen LogP contribution in [0.3, 0.4) is 0 Å². The number of amides is 1. The molecule has 5 heteroatoms. The topological polar surface area (TPSA) is 57.4 Å². The molecular formula is C27H35N3O2. The number of hydrogen-bond acceptors (Lipinski definition) is 3. The molecule has 0 saturated carbocycles. The first-order valence-corrected chi connectivity index (χ1v) is 11.7. The van der Waals surface area contributed by atoms with Crippen molar-refractivity contribution in [1.82, 2.24) is 15.2 Å². The zero-order valence-electron chi connectivity index (χ0n) is 19.6. The van der Waals surface area contributed by atoms with Gasteiger partial charge in [-0.25, -0.2) is 0 Å². The van der Waals surface area contributed by atoms with E-state index in [1.807, 2.05) is 30.0 Å². The van der Waals surface area contributed by atoms with Crippen molar-refractivity contribution in [2.75, 3.05) is 26.7 Å². The third-order valence-electron chi connectivity index (χ3n) is 6.69. The summed E-state index contributed by atoms with van der Waals surface area (Å²) in [5.41, 5.74) is 3.56. The molecule has 1 amide bonds. The van der Waals surface area contributed by atoms with Gasteiger partial charge in [0.25, 0.3) is 0 Å². The Hall–Kier alpha value is -2.79. The van der Waals surface area contributed by atoms with E-state index in [0.29, 0.717) is 18.4 Å². The van der Waals surface area contributed by atoms with E-state index < -0.39 is 0 Å². The number of nitrogens with zero attached hydrogens (tertiary/aromatic N) is 1. The third-order valence-corrected chi connectivity index (χ3v) is 6.69. The average Bonchev–Trinajstić information content (AvgIpc) is 3.22. The molecule has 2 N–H and O–H groups in total. The van der Waals surface area contributed by atoms with Gasteiger partial charge in [-0.3, -0.25) is 4.79 Å². The van der Waals surface area contributed by atoms with Gasteiger partial charge in [0.2, 0.25) is 5.91 Å². The number of fused-ring (bicyclic) bond motifs is 1. The van der Waals surface area contributed by atoms with Crippen molar-refractivity contribution in [2.24, 2.45) is 11.8 Å². The fourth-order valence-electron chi connectivity index (χ4n) is 5.12. The summed E-state index contributed by atoms with van der Waals surface area (Å²) < 4.78 is 5.35. The third kappa shape index (κ3) is 4.83. The molecule has 5 nitrogen and oxygen atoms in total. The summed E-state index contributed by atoms with van der Waals surface area (Å²) in [6.07, 6.45) is 3.30. The molecule has 1 aliphatic heterocycles. The largest absolute Gasteiger partial charge is 0.497 e. The Balaban J connectivity index is 1.54. The fraction of sp³-hybridized carbons (Fsp3) is 0.444. The second kappa shape index (κ2) is 9.78. The SMILES string of the molecule is COc1ccc([C@H](CN[C@H](C)C(=O)N2C[C@@H](C)C[C@H](C)C2)c2c[nH]c3ccccc23)cc1. The number of aromatic nitrogens is 1. The number of likely N-dealkylation sites (tertiary alicyclic amines) is 1. The number of ether oxygens (including phenoxy) is 1. The predicted molar refractivity (Wildman–Crippen MR) is 130 cm³/mol. The number of benzene rings is 2. The summed E-state index contributed by atoms with van der Waals surface area (Å²) in [7, 11) is 1.68. The Labute approximate surface area is 191 Å². The van der Waals surface area contributed by atoms with Gasteiger partial charge >= 0.3 is 0 Å². The summed E-state index contributed by atoms with van der Waals surface area (Å²) in [6, 6.07) is 16.4. The first kappa shape index (κ1) is 22.4. The highest BCUT2D eigenvalue weighted by Gasteiger charge is 2.29. The van der Waals surface area contributed by atoms with Crippen LogP contribution in [0, 0.1) is 11.8 Å². The van der Waals surface area contributed by atoms with Crippen LogP contribution in [0.4, 0.5) is 0 Å². The van der Waals surface area contributed by atoms with Gasteiger partial charge in [0.05, 0.1) is 13.2 Å². The molecule has 2 aromatic carbocycles. The monoisotopic (exact) mass is 433 g/mol. The van der Waals surface area contributed by atoms with E-state index in [2.05, 4.69) is 60.7 Å². The lowest BCUT2D eigenvalue weighted by Gasteiger charge is -2.36. The standard InChI is InChI=1S/C27H35N3O2/c1-18-13-19(2)17-30(16-18)27(31)20(3)28-14-24(21-9-11-22(32-4)12-10-21)25-15-29-26-8-6-5-7-23(25)26/h5-12,15,18-20,24,28-29H,13-14,16-17H2,1-4H3/t18-,19-,20+,24-/m0/s1. The van der Waals surface area contributed by atoms with Crippen molar-refractivity contribution in [3.63, 3.8) is 0 Å². The molecule has 170 valence electrons. The van der Waals surface area contributed by atoms with Crippen LogP contribution in [-0.2, 0) is 4.79 Å². The van der Waals surface area contributed by atoms with Crippen LogP contribution >= 0.6 is 0 Å². The highest BCUT2D eigenvalue weighted by molar-refractivity contribution is 5.84. The smallest absolute Gasteiger partial charge is 0.239 e. The van der Waals surface area contributed by atoms with E-state index in [-0.39, 0.29) is 17.9 Å². The fourth-order valence-corrected chi connectivity index (χ4v) is 5.12. The number of H-pyrrole nitrogens is 1. The van der Waals surface area contributed by atoms with E-state index in [9.17, 15) is 4.79 Å². The van der Waals surface area contributed by atoms with Crippen molar-refractivity contribution in [1.29, 1.82) is 0 Å². The van der Waals surface area contributed by atoms with Gasteiger partial charge in [-0.05, 0) is 54.5 Å². The van der Waals surface area contributed by atoms with Gasteiger partial charge in [0.15, 0.2) is 0 Å². The zero-order chi connectivity index (χ0) is 22.7. The Kier molecular flexibility index (Phi) is 6.85. The number of methoxy groups -OCH3 is 1. The molecule has 1 aromatic heterocycles. The average molecular weight is 434 g/mol. The number of carbonyl (C=O) groups excluding carboxylic acids is 1. The minimum atomic E-state index is -0.224. The predicted octanol–water partition coefficient (Wildman–Crippen LogP) is 4.79. The molecule has 4 atom stereocenters. The highest BCUT2D eigenvalue weighted by atomic mass is 16.5. The van der Waals surface area contributed by atoms with E-state index in [4.69, 9.17) is 4.74 Å². The van der Waals surface area contributed by atoms with Gasteiger partial charge in [-0.15, -0.1) is 0 Å². The lowest BCUT2D eigenvalue weighted by molar-refractivity contribution is -0.135. The molecule has 0 bridgehead atoms. The Morgan fingerprint density at radius 3 is 2.50 bits per heavy atom. The first-order valence-electron chi connectivity index (χ1n) is 11.7. The van der Waals surface area contributed by atoms with Crippen LogP contribution in [-0.4, -0.2) is 48.6 Å². The van der Waals surface area contributed by atoms with Crippen LogP contribution < -0.4 is 10.1 Å². The second-order valence-electron chi connectivity index (χ2n) is 9.43. The summed E-state index contributed by atoms with van der Waals surface area (Å²) in [4.78, 5) is 18.6. The number of carbonyl (C=O) groups is 1. The molecule has 0 spiro atoms.